The molecule has 2 aliphatic rings. The Morgan fingerprint density at radius 1 is 0.526 bits per heavy atom. The van der Waals surface area contributed by atoms with Gasteiger partial charge in [0.05, 0.1) is 6.61 Å². The molecule has 0 bridgehead atoms. The standard InChI is InChI=1S/C27H30O4.C23H26O3/c1-17(2)25(28)30-14-8-7-9-19-10-12-21-22-13-11-20(31-26(29)18(3)4)16-24(22)27(5,6)23(21)15-19;1-15(2)22(25)26-17-9-11-19-18-10-8-16(7-5-6-12-24)13-20(18)23(3,4)21(19)14-17/h10-13,15-16H,1,3,7-9,14H2,2,4-6H3;8-11,13-14,24H,1,5-7,12H2,2-4H3. The van der Waals surface area contributed by atoms with Crippen molar-refractivity contribution >= 4 is 17.9 Å². The average Bonchev–Trinajstić information content (AvgIpc) is 3.53. The summed E-state index contributed by atoms with van der Waals surface area (Å²) in [5.41, 5.74) is 13.2. The maximum Gasteiger partial charge on any atom is 0.338 e. The number of hydrogen-bond acceptors (Lipinski definition) is 7. The minimum atomic E-state index is -0.413. The molecule has 0 spiro atoms. The zero-order valence-corrected chi connectivity index (χ0v) is 34.6. The molecule has 0 heterocycles. The predicted octanol–water partition coefficient (Wildman–Crippen LogP) is 10.7. The molecule has 0 amide bonds. The van der Waals surface area contributed by atoms with Gasteiger partial charge in [-0.25, -0.2) is 14.4 Å². The number of aliphatic hydroxyl groups is 1. The molecule has 4 aromatic rings. The van der Waals surface area contributed by atoms with E-state index in [1.165, 1.54) is 50.1 Å². The van der Waals surface area contributed by atoms with Crippen LogP contribution in [0.25, 0.3) is 22.3 Å². The lowest BCUT2D eigenvalue weighted by molar-refractivity contribution is -0.139. The molecule has 57 heavy (non-hydrogen) atoms. The number of hydrogen-bond donors (Lipinski definition) is 1. The van der Waals surface area contributed by atoms with Gasteiger partial charge in [-0.15, -0.1) is 0 Å². The van der Waals surface area contributed by atoms with Gasteiger partial charge in [-0.3, -0.25) is 0 Å². The summed E-state index contributed by atoms with van der Waals surface area (Å²) in [6, 6.07) is 25.0. The second kappa shape index (κ2) is 17.7. The van der Waals surface area contributed by atoms with E-state index < -0.39 is 11.9 Å². The summed E-state index contributed by atoms with van der Waals surface area (Å²) in [6.07, 6.45) is 5.48. The molecule has 7 nitrogen and oxygen atoms in total. The van der Waals surface area contributed by atoms with Crippen molar-refractivity contribution < 1.29 is 33.7 Å². The van der Waals surface area contributed by atoms with Crippen LogP contribution in [0.1, 0.15) is 108 Å². The van der Waals surface area contributed by atoms with Crippen LogP contribution in [-0.4, -0.2) is 36.2 Å². The molecule has 0 aromatic heterocycles. The number of fused-ring (bicyclic) bond motifs is 6. The minimum absolute atomic E-state index is 0.150. The second-order valence-electron chi connectivity index (χ2n) is 16.3. The van der Waals surface area contributed by atoms with Gasteiger partial charge in [0.2, 0.25) is 0 Å². The number of ether oxygens (including phenoxy) is 3. The van der Waals surface area contributed by atoms with Gasteiger partial charge in [0, 0.05) is 34.2 Å². The Bertz CT molecular complexity index is 2240. The molecule has 2 aliphatic carbocycles. The van der Waals surface area contributed by atoms with Crippen LogP contribution in [0, 0.1) is 0 Å². The van der Waals surface area contributed by atoms with Gasteiger partial charge in [0.25, 0.3) is 0 Å². The van der Waals surface area contributed by atoms with Crippen molar-refractivity contribution in [2.45, 2.75) is 97.8 Å². The highest BCUT2D eigenvalue weighted by Crippen LogP contribution is 2.51. The van der Waals surface area contributed by atoms with Crippen LogP contribution in [0.3, 0.4) is 0 Å². The maximum atomic E-state index is 11.9. The monoisotopic (exact) mass is 768 g/mol. The van der Waals surface area contributed by atoms with E-state index in [-0.39, 0.29) is 23.4 Å². The zero-order chi connectivity index (χ0) is 41.7. The Morgan fingerprint density at radius 2 is 0.895 bits per heavy atom. The summed E-state index contributed by atoms with van der Waals surface area (Å²) < 4.78 is 16.0. The van der Waals surface area contributed by atoms with E-state index in [4.69, 9.17) is 19.3 Å². The first kappa shape index (κ1) is 42.6. The van der Waals surface area contributed by atoms with E-state index in [1.807, 2.05) is 36.4 Å². The van der Waals surface area contributed by atoms with Gasteiger partial charge >= 0.3 is 17.9 Å². The van der Waals surface area contributed by atoms with Crippen molar-refractivity contribution in [1.82, 2.24) is 0 Å². The Hall–Kier alpha value is -5.53. The molecule has 0 saturated carbocycles. The molecule has 0 atom stereocenters. The van der Waals surface area contributed by atoms with E-state index in [1.54, 1.807) is 20.8 Å². The van der Waals surface area contributed by atoms with Crippen molar-refractivity contribution in [2.24, 2.45) is 0 Å². The van der Waals surface area contributed by atoms with Gasteiger partial charge in [0.15, 0.2) is 0 Å². The summed E-state index contributed by atoms with van der Waals surface area (Å²) in [4.78, 5) is 35.2. The molecule has 0 fully saturated rings. The normalized spacial score (nSPS) is 13.5. The van der Waals surface area contributed by atoms with Gasteiger partial charge in [-0.1, -0.05) is 96.0 Å². The fraction of sp³-hybridized carbons (Fsp3) is 0.340. The number of unbranched alkanes of at least 4 members (excludes halogenated alkanes) is 2. The van der Waals surface area contributed by atoms with Crippen LogP contribution in [-0.2, 0) is 42.8 Å². The first-order valence-electron chi connectivity index (χ1n) is 19.7. The predicted molar refractivity (Wildman–Crippen MR) is 228 cm³/mol. The van der Waals surface area contributed by atoms with Crippen molar-refractivity contribution in [3.8, 4) is 33.8 Å². The minimum Gasteiger partial charge on any atom is -0.462 e. The zero-order valence-electron chi connectivity index (χ0n) is 34.6. The van der Waals surface area contributed by atoms with Gasteiger partial charge in [-0.05, 0) is 139 Å². The molecule has 6 rings (SSSR count). The molecule has 7 heteroatoms. The Kier molecular flexibility index (Phi) is 13.3. The maximum absolute atomic E-state index is 11.9. The summed E-state index contributed by atoms with van der Waals surface area (Å²) in [6.45, 7) is 25.3. The smallest absolute Gasteiger partial charge is 0.338 e. The highest BCUT2D eigenvalue weighted by atomic mass is 16.5. The number of carbonyl (C=O) groups is 3. The number of aryl methyl sites for hydroxylation is 2. The van der Waals surface area contributed by atoms with Crippen LogP contribution in [0.5, 0.6) is 11.5 Å². The van der Waals surface area contributed by atoms with E-state index in [2.05, 4.69) is 83.8 Å². The summed E-state index contributed by atoms with van der Waals surface area (Å²) in [5.74, 6) is -0.0442. The second-order valence-corrected chi connectivity index (χ2v) is 16.3. The Morgan fingerprint density at radius 3 is 1.28 bits per heavy atom. The van der Waals surface area contributed by atoms with Crippen LogP contribution in [0.2, 0.25) is 0 Å². The molecule has 0 aliphatic heterocycles. The van der Waals surface area contributed by atoms with Crippen LogP contribution in [0.4, 0.5) is 0 Å². The average molecular weight is 769 g/mol. The molecular weight excluding hydrogens is 713 g/mol. The molecule has 4 aromatic carbocycles. The van der Waals surface area contributed by atoms with Crippen LogP contribution >= 0.6 is 0 Å². The fourth-order valence-corrected chi connectivity index (χ4v) is 7.51. The lowest BCUT2D eigenvalue weighted by Gasteiger charge is -2.22. The third kappa shape index (κ3) is 9.54. The van der Waals surface area contributed by atoms with E-state index in [9.17, 15) is 14.4 Å². The van der Waals surface area contributed by atoms with E-state index >= 15 is 0 Å². The van der Waals surface area contributed by atoms with Crippen molar-refractivity contribution in [2.75, 3.05) is 13.2 Å². The van der Waals surface area contributed by atoms with Crippen molar-refractivity contribution in [3.63, 3.8) is 0 Å². The lowest BCUT2D eigenvalue weighted by atomic mass is 9.81. The number of rotatable bonds is 14. The van der Waals surface area contributed by atoms with Crippen molar-refractivity contribution in [1.29, 1.82) is 0 Å². The molecule has 0 unspecified atom stereocenters. The number of carbonyl (C=O) groups excluding carboxylic acids is 3. The number of aliphatic hydroxyl groups excluding tert-OH is 1. The van der Waals surface area contributed by atoms with E-state index in [0.717, 1.165) is 44.1 Å². The fourth-order valence-electron chi connectivity index (χ4n) is 7.51. The largest absolute Gasteiger partial charge is 0.462 e. The number of esters is 3. The number of benzene rings is 4. The molecule has 298 valence electrons. The van der Waals surface area contributed by atoms with Crippen LogP contribution < -0.4 is 9.47 Å². The topological polar surface area (TPSA) is 99.1 Å². The molecule has 0 saturated heterocycles. The third-order valence-corrected chi connectivity index (χ3v) is 10.9. The SMILES string of the molecule is C=C(C)C(=O)OCCCCc1ccc2c(c1)C(C)(C)c1cc(OC(=O)C(=C)C)ccc1-2.C=C(C)C(=O)Oc1ccc2c(c1)C(C)(C)c1cc(CCCCO)ccc1-2. The first-order valence-corrected chi connectivity index (χ1v) is 19.7. The lowest BCUT2D eigenvalue weighted by Crippen LogP contribution is -2.16. The summed E-state index contributed by atoms with van der Waals surface area (Å²) in [7, 11) is 0. The first-order chi connectivity index (χ1) is 26.9. The van der Waals surface area contributed by atoms with Gasteiger partial charge in [0.1, 0.15) is 11.5 Å². The summed E-state index contributed by atoms with van der Waals surface area (Å²) in [5, 5.41) is 8.98. The van der Waals surface area contributed by atoms with Crippen LogP contribution in [0.15, 0.2) is 109 Å². The van der Waals surface area contributed by atoms with E-state index in [0.29, 0.717) is 34.8 Å². The highest BCUT2D eigenvalue weighted by molar-refractivity contribution is 5.90. The molecule has 1 N–H and O–H groups in total. The summed E-state index contributed by atoms with van der Waals surface area (Å²) >= 11 is 0. The highest BCUT2D eigenvalue weighted by Gasteiger charge is 2.37. The van der Waals surface area contributed by atoms with Crippen molar-refractivity contribution in [3.05, 3.63) is 143 Å². The molecular formula is C50H56O7. The Balaban J connectivity index is 0.000000221. The quantitative estimate of drug-likeness (QED) is 0.0590. The van der Waals surface area contributed by atoms with Gasteiger partial charge in [-0.2, -0.15) is 0 Å². The Labute approximate surface area is 338 Å². The third-order valence-electron chi connectivity index (χ3n) is 10.9. The molecule has 0 radical (unpaired) electrons. The van der Waals surface area contributed by atoms with Gasteiger partial charge < -0.3 is 19.3 Å².